The Kier molecular flexibility index (Phi) is 4.08. The molecule has 0 radical (unpaired) electrons. The number of nitrogens with zero attached hydrogens (tertiary/aromatic N) is 2. The van der Waals surface area contributed by atoms with Gasteiger partial charge in [-0.05, 0) is 24.1 Å². The minimum Gasteiger partial charge on any atom is -0.461 e. The predicted molar refractivity (Wildman–Crippen MR) is 66.8 cm³/mol. The largest absolute Gasteiger partial charge is 0.461 e. The van der Waals surface area contributed by atoms with Gasteiger partial charge in [0.1, 0.15) is 6.61 Å². The summed E-state index contributed by atoms with van der Waals surface area (Å²) >= 11 is 0. The van der Waals surface area contributed by atoms with E-state index in [0.29, 0.717) is 19.5 Å². The molecule has 0 amide bonds. The molecule has 2 N–H and O–H groups in total. The Morgan fingerprint density at radius 3 is 2.68 bits per heavy atom. The normalized spacial score (nSPS) is 19.3. The average molecular weight is 265 g/mol. The lowest BCUT2D eigenvalue weighted by Gasteiger charge is -2.10. The number of hydrogen-bond acceptors (Lipinski definition) is 6. The molecule has 1 aromatic carbocycles. The summed E-state index contributed by atoms with van der Waals surface area (Å²) in [6, 6.07) is 5.94. The first kappa shape index (κ1) is 13.4. The molecule has 1 heterocycles. The number of nitrogens with two attached hydrogens (primary N) is 1. The van der Waals surface area contributed by atoms with E-state index in [1.54, 1.807) is 17.1 Å². The Morgan fingerprint density at radius 2 is 2.16 bits per heavy atom. The summed E-state index contributed by atoms with van der Waals surface area (Å²) in [4.78, 5) is 21.7. The Bertz CT molecular complexity index is 474. The number of carbonyl (C=O) groups is 1. The number of nitro groups is 1. The van der Waals surface area contributed by atoms with Gasteiger partial charge in [-0.2, -0.15) is 0 Å². The predicted octanol–water partition coefficient (Wildman–Crippen LogP) is 0.834. The summed E-state index contributed by atoms with van der Waals surface area (Å²) in [5.41, 5.74) is 0.742. The number of ether oxygens (including phenoxy) is 1. The van der Waals surface area contributed by atoms with Crippen LogP contribution in [0.3, 0.4) is 0 Å². The van der Waals surface area contributed by atoms with Crippen molar-refractivity contribution in [1.29, 1.82) is 0 Å². The molecule has 0 spiro atoms. The summed E-state index contributed by atoms with van der Waals surface area (Å²) < 4.78 is 5.17. The van der Waals surface area contributed by atoms with Gasteiger partial charge in [0.2, 0.25) is 0 Å². The second-order valence-electron chi connectivity index (χ2n) is 4.51. The number of rotatable bonds is 4. The maximum absolute atomic E-state index is 11.7. The zero-order chi connectivity index (χ0) is 13.8. The van der Waals surface area contributed by atoms with Crippen LogP contribution in [-0.4, -0.2) is 29.0 Å². The molecule has 0 bridgehead atoms. The molecular weight excluding hydrogens is 250 g/mol. The maximum Gasteiger partial charge on any atom is 0.310 e. The first-order valence-corrected chi connectivity index (χ1v) is 5.96. The van der Waals surface area contributed by atoms with Crippen molar-refractivity contribution in [2.45, 2.75) is 13.0 Å². The Hall–Kier alpha value is -1.99. The minimum absolute atomic E-state index is 0.0182. The molecule has 1 atom stereocenters. The van der Waals surface area contributed by atoms with Crippen molar-refractivity contribution in [1.82, 2.24) is 5.01 Å². The van der Waals surface area contributed by atoms with Gasteiger partial charge in [-0.15, -0.1) is 0 Å². The lowest BCUT2D eigenvalue weighted by molar-refractivity contribution is -0.384. The van der Waals surface area contributed by atoms with E-state index in [0.717, 1.165) is 5.56 Å². The van der Waals surface area contributed by atoms with Crippen molar-refractivity contribution >= 4 is 11.7 Å². The van der Waals surface area contributed by atoms with Crippen LogP contribution < -0.4 is 5.84 Å². The summed E-state index contributed by atoms with van der Waals surface area (Å²) in [6.07, 6.45) is 0.704. The fourth-order valence-corrected chi connectivity index (χ4v) is 1.97. The van der Waals surface area contributed by atoms with Crippen LogP contribution in [0.2, 0.25) is 0 Å². The fraction of sp³-hybridized carbons (Fsp3) is 0.417. The molecule has 0 aliphatic carbocycles. The Balaban J connectivity index is 1.85. The second kappa shape index (κ2) is 5.77. The molecule has 102 valence electrons. The molecule has 1 saturated heterocycles. The minimum atomic E-state index is -0.468. The van der Waals surface area contributed by atoms with Crippen molar-refractivity contribution in [3.63, 3.8) is 0 Å². The topological polar surface area (TPSA) is 98.7 Å². The lowest BCUT2D eigenvalue weighted by atomic mass is 10.1. The van der Waals surface area contributed by atoms with Gasteiger partial charge in [-0.3, -0.25) is 20.8 Å². The zero-order valence-electron chi connectivity index (χ0n) is 10.3. The molecule has 2 rings (SSSR count). The number of benzene rings is 1. The smallest absolute Gasteiger partial charge is 0.310 e. The monoisotopic (exact) mass is 265 g/mol. The summed E-state index contributed by atoms with van der Waals surface area (Å²) in [7, 11) is 0. The quantitative estimate of drug-likeness (QED) is 0.375. The van der Waals surface area contributed by atoms with Gasteiger partial charge in [0.05, 0.1) is 10.8 Å². The molecule has 0 unspecified atom stereocenters. The number of hydrazine groups is 1. The molecule has 1 aliphatic heterocycles. The highest BCUT2D eigenvalue weighted by Gasteiger charge is 2.27. The van der Waals surface area contributed by atoms with E-state index >= 15 is 0 Å². The highest BCUT2D eigenvalue weighted by Crippen LogP contribution is 2.17. The average Bonchev–Trinajstić information content (AvgIpc) is 2.83. The van der Waals surface area contributed by atoms with Crippen molar-refractivity contribution in [3.05, 3.63) is 39.9 Å². The SMILES string of the molecule is NN1CC[C@@H](C(=O)OCc2ccc([N+](=O)[O-])cc2)C1. The van der Waals surface area contributed by atoms with Crippen LogP contribution in [0.25, 0.3) is 0 Å². The highest BCUT2D eigenvalue weighted by molar-refractivity contribution is 5.73. The number of non-ortho nitro benzene ring substituents is 1. The van der Waals surface area contributed by atoms with Gasteiger partial charge in [-0.1, -0.05) is 0 Å². The van der Waals surface area contributed by atoms with Crippen molar-refractivity contribution < 1.29 is 14.5 Å². The van der Waals surface area contributed by atoms with E-state index in [-0.39, 0.29) is 24.2 Å². The Labute approximate surface area is 110 Å². The van der Waals surface area contributed by atoms with Gasteiger partial charge in [-0.25, -0.2) is 5.01 Å². The van der Waals surface area contributed by atoms with Gasteiger partial charge in [0, 0.05) is 25.2 Å². The van der Waals surface area contributed by atoms with E-state index in [9.17, 15) is 14.9 Å². The summed E-state index contributed by atoms with van der Waals surface area (Å²) in [5, 5.41) is 12.1. The third kappa shape index (κ3) is 3.49. The number of nitro benzene ring substituents is 1. The zero-order valence-corrected chi connectivity index (χ0v) is 10.3. The van der Waals surface area contributed by atoms with Crippen molar-refractivity contribution in [2.75, 3.05) is 13.1 Å². The van der Waals surface area contributed by atoms with Crippen molar-refractivity contribution in [2.24, 2.45) is 11.8 Å². The standard InChI is InChI=1S/C12H15N3O4/c13-14-6-5-10(7-14)12(16)19-8-9-1-3-11(4-2-9)15(17)18/h1-4,10H,5-8,13H2/t10-/m1/s1. The van der Waals surface area contributed by atoms with Crippen LogP contribution in [0, 0.1) is 16.0 Å². The number of hydrogen-bond donors (Lipinski definition) is 1. The maximum atomic E-state index is 11.7. The van der Waals surface area contributed by atoms with Crippen LogP contribution in [-0.2, 0) is 16.1 Å². The summed E-state index contributed by atoms with van der Waals surface area (Å²) in [6.45, 7) is 1.33. The van der Waals surface area contributed by atoms with Crippen LogP contribution in [0.15, 0.2) is 24.3 Å². The van der Waals surface area contributed by atoms with Crippen LogP contribution in [0.1, 0.15) is 12.0 Å². The van der Waals surface area contributed by atoms with Crippen LogP contribution in [0.5, 0.6) is 0 Å². The molecule has 1 aromatic rings. The molecule has 0 aromatic heterocycles. The fourth-order valence-electron chi connectivity index (χ4n) is 1.97. The Morgan fingerprint density at radius 1 is 1.47 bits per heavy atom. The lowest BCUT2D eigenvalue weighted by Crippen LogP contribution is -2.29. The molecule has 7 heteroatoms. The third-order valence-corrected chi connectivity index (χ3v) is 3.08. The van der Waals surface area contributed by atoms with E-state index in [1.165, 1.54) is 12.1 Å². The molecular formula is C12H15N3O4. The first-order valence-electron chi connectivity index (χ1n) is 5.96. The van der Waals surface area contributed by atoms with Crippen LogP contribution in [0.4, 0.5) is 5.69 Å². The molecule has 1 fully saturated rings. The van der Waals surface area contributed by atoms with Gasteiger partial charge in [0.15, 0.2) is 0 Å². The second-order valence-corrected chi connectivity index (χ2v) is 4.51. The first-order chi connectivity index (χ1) is 9.06. The van der Waals surface area contributed by atoms with E-state index in [1.807, 2.05) is 0 Å². The molecule has 0 saturated carbocycles. The third-order valence-electron chi connectivity index (χ3n) is 3.08. The van der Waals surface area contributed by atoms with Crippen molar-refractivity contribution in [3.8, 4) is 0 Å². The highest BCUT2D eigenvalue weighted by atomic mass is 16.6. The van der Waals surface area contributed by atoms with Gasteiger partial charge >= 0.3 is 5.97 Å². The van der Waals surface area contributed by atoms with E-state index in [2.05, 4.69) is 0 Å². The molecule has 19 heavy (non-hydrogen) atoms. The van der Waals surface area contributed by atoms with Crippen LogP contribution >= 0.6 is 0 Å². The summed E-state index contributed by atoms with van der Waals surface area (Å²) in [5.74, 6) is 5.13. The number of carbonyl (C=O) groups excluding carboxylic acids is 1. The van der Waals surface area contributed by atoms with E-state index < -0.39 is 4.92 Å². The molecule has 1 aliphatic rings. The molecule has 7 nitrogen and oxygen atoms in total. The van der Waals surface area contributed by atoms with Gasteiger partial charge < -0.3 is 4.74 Å². The number of esters is 1. The van der Waals surface area contributed by atoms with Gasteiger partial charge in [0.25, 0.3) is 5.69 Å². The van der Waals surface area contributed by atoms with E-state index in [4.69, 9.17) is 10.6 Å².